The van der Waals surface area contributed by atoms with E-state index in [0.717, 1.165) is 0 Å². The SMILES string of the molecule is C1CC[SiH2]CC1.C=C.C=Cc1ccccc1. The van der Waals surface area contributed by atoms with Gasteiger partial charge < -0.3 is 0 Å². The molecule has 88 valence electrons. The molecule has 2 rings (SSSR count). The summed E-state index contributed by atoms with van der Waals surface area (Å²) in [5.74, 6) is 0. The van der Waals surface area contributed by atoms with Crippen molar-refractivity contribution in [2.24, 2.45) is 0 Å². The van der Waals surface area contributed by atoms with Crippen LogP contribution in [0.25, 0.3) is 6.08 Å². The normalized spacial score (nSPS) is 13.5. The van der Waals surface area contributed by atoms with E-state index >= 15 is 0 Å². The molecule has 0 aromatic heterocycles. The molecule has 0 amide bonds. The predicted octanol–water partition coefficient (Wildman–Crippen LogP) is 4.31. The summed E-state index contributed by atoms with van der Waals surface area (Å²) in [6, 6.07) is 13.3. The van der Waals surface area contributed by atoms with Crippen molar-refractivity contribution in [3.05, 3.63) is 55.6 Å². The first-order chi connectivity index (χ1) is 7.93. The van der Waals surface area contributed by atoms with Crippen LogP contribution in [0.5, 0.6) is 0 Å². The van der Waals surface area contributed by atoms with Gasteiger partial charge in [-0.2, -0.15) is 0 Å². The van der Waals surface area contributed by atoms with Gasteiger partial charge in [0.2, 0.25) is 0 Å². The Morgan fingerprint density at radius 1 is 0.938 bits per heavy atom. The summed E-state index contributed by atoms with van der Waals surface area (Å²) in [5, 5.41) is 0. The quantitative estimate of drug-likeness (QED) is 0.500. The van der Waals surface area contributed by atoms with Gasteiger partial charge in [0.15, 0.2) is 0 Å². The third kappa shape index (κ3) is 8.24. The molecule has 1 heterocycles. The van der Waals surface area contributed by atoms with Crippen molar-refractivity contribution in [2.75, 3.05) is 0 Å². The van der Waals surface area contributed by atoms with Crippen LogP contribution in [-0.2, 0) is 0 Å². The van der Waals surface area contributed by atoms with Gasteiger partial charge in [-0.25, -0.2) is 0 Å². The molecule has 0 spiro atoms. The first kappa shape index (κ1) is 14.9. The topological polar surface area (TPSA) is 0 Å². The van der Waals surface area contributed by atoms with Crippen molar-refractivity contribution >= 4 is 15.6 Å². The molecule has 0 atom stereocenters. The molecule has 1 aliphatic rings. The Bertz CT molecular complexity index is 238. The highest BCUT2D eigenvalue weighted by Crippen LogP contribution is 2.10. The number of hydrogen-bond donors (Lipinski definition) is 0. The fourth-order valence-corrected chi connectivity index (χ4v) is 3.42. The maximum Gasteiger partial charge on any atom is 0.0197 e. The minimum Gasteiger partial charge on any atom is -0.106 e. The zero-order valence-electron chi connectivity index (χ0n) is 10.3. The number of rotatable bonds is 1. The Labute approximate surface area is 103 Å². The average Bonchev–Trinajstić information content (AvgIpc) is 2.44. The van der Waals surface area contributed by atoms with Crippen molar-refractivity contribution in [1.82, 2.24) is 0 Å². The zero-order chi connectivity index (χ0) is 12.1. The average molecular weight is 232 g/mol. The second kappa shape index (κ2) is 12.0. The third-order valence-electron chi connectivity index (χ3n) is 2.54. The summed E-state index contributed by atoms with van der Waals surface area (Å²) in [4.78, 5) is 0. The van der Waals surface area contributed by atoms with E-state index in [1.807, 2.05) is 36.4 Å². The Hall–Kier alpha value is -1.08. The third-order valence-corrected chi connectivity index (χ3v) is 4.54. The fourth-order valence-electron chi connectivity index (χ4n) is 1.65. The molecule has 0 radical (unpaired) electrons. The molecule has 0 N–H and O–H groups in total. The molecule has 1 aromatic rings. The van der Waals surface area contributed by atoms with Crippen molar-refractivity contribution in [1.29, 1.82) is 0 Å². The molecule has 0 bridgehead atoms. The molecule has 0 nitrogen and oxygen atoms in total. The second-order valence-corrected chi connectivity index (χ2v) is 5.86. The largest absolute Gasteiger partial charge is 0.106 e. The zero-order valence-corrected chi connectivity index (χ0v) is 11.7. The van der Waals surface area contributed by atoms with Gasteiger partial charge in [-0.3, -0.25) is 0 Å². The predicted molar refractivity (Wildman–Crippen MR) is 79.8 cm³/mol. The van der Waals surface area contributed by atoms with E-state index in [9.17, 15) is 0 Å². The van der Waals surface area contributed by atoms with E-state index in [4.69, 9.17) is 0 Å². The van der Waals surface area contributed by atoms with Crippen LogP contribution in [0.3, 0.4) is 0 Å². The van der Waals surface area contributed by atoms with Gasteiger partial charge in [0, 0.05) is 9.52 Å². The van der Waals surface area contributed by atoms with Crippen LogP contribution in [-0.4, -0.2) is 9.52 Å². The molecule has 0 saturated carbocycles. The van der Waals surface area contributed by atoms with E-state index in [1.54, 1.807) is 24.9 Å². The lowest BCUT2D eigenvalue weighted by Crippen LogP contribution is -1.94. The van der Waals surface area contributed by atoms with Crippen LogP contribution in [0.1, 0.15) is 24.8 Å². The lowest BCUT2D eigenvalue weighted by Gasteiger charge is -2.04. The molecule has 16 heavy (non-hydrogen) atoms. The Balaban J connectivity index is 0.000000251. The highest BCUT2D eigenvalue weighted by molar-refractivity contribution is 6.35. The molecule has 1 aromatic carbocycles. The summed E-state index contributed by atoms with van der Waals surface area (Å²) in [7, 11) is 0.508. The fraction of sp³-hybridized carbons (Fsp3) is 0.333. The Morgan fingerprint density at radius 3 is 1.75 bits per heavy atom. The van der Waals surface area contributed by atoms with Gasteiger partial charge in [0.05, 0.1) is 0 Å². The van der Waals surface area contributed by atoms with Gasteiger partial charge >= 0.3 is 0 Å². The van der Waals surface area contributed by atoms with Crippen molar-refractivity contribution in [3.8, 4) is 0 Å². The molecule has 0 aliphatic carbocycles. The van der Waals surface area contributed by atoms with Gasteiger partial charge in [0.1, 0.15) is 0 Å². The van der Waals surface area contributed by atoms with E-state index in [0.29, 0.717) is 9.52 Å². The van der Waals surface area contributed by atoms with Crippen LogP contribution in [0, 0.1) is 0 Å². The van der Waals surface area contributed by atoms with E-state index in [2.05, 4.69) is 19.7 Å². The lowest BCUT2D eigenvalue weighted by atomic mass is 10.2. The Kier molecular flexibility index (Phi) is 11.2. The van der Waals surface area contributed by atoms with Crippen molar-refractivity contribution in [3.63, 3.8) is 0 Å². The van der Waals surface area contributed by atoms with Gasteiger partial charge in [0.25, 0.3) is 0 Å². The van der Waals surface area contributed by atoms with Gasteiger partial charge in [-0.15, -0.1) is 13.2 Å². The molecular weight excluding hydrogens is 208 g/mol. The lowest BCUT2D eigenvalue weighted by molar-refractivity contribution is 0.734. The molecule has 1 saturated heterocycles. The van der Waals surface area contributed by atoms with Crippen LogP contribution in [0.2, 0.25) is 12.1 Å². The summed E-state index contributed by atoms with van der Waals surface area (Å²) in [6.07, 6.45) is 6.49. The first-order valence-corrected chi connectivity index (χ1v) is 8.11. The monoisotopic (exact) mass is 232 g/mol. The smallest absolute Gasteiger partial charge is 0.0197 e. The van der Waals surface area contributed by atoms with Crippen LogP contribution in [0.4, 0.5) is 0 Å². The summed E-state index contributed by atoms with van der Waals surface area (Å²) in [5.41, 5.74) is 1.17. The van der Waals surface area contributed by atoms with Crippen LogP contribution < -0.4 is 0 Å². The molecule has 1 heteroatoms. The van der Waals surface area contributed by atoms with Crippen LogP contribution >= 0.6 is 0 Å². The molecule has 1 aliphatic heterocycles. The van der Waals surface area contributed by atoms with Crippen molar-refractivity contribution in [2.45, 2.75) is 31.4 Å². The highest BCUT2D eigenvalue weighted by Gasteiger charge is 1.96. The molecule has 1 fully saturated rings. The summed E-state index contributed by atoms with van der Waals surface area (Å²) in [6.45, 7) is 9.63. The minimum atomic E-state index is 0.508. The standard InChI is InChI=1S/C8H8.C5H12Si.C2H4/c1-2-8-6-4-3-5-7-8;1-2-4-6-5-3-1;1-2/h2-7H,1H2;1-6H2;1-2H2. The first-order valence-electron chi connectivity index (χ1n) is 6.11. The molecule has 0 unspecified atom stereocenters. The Morgan fingerprint density at radius 2 is 1.50 bits per heavy atom. The van der Waals surface area contributed by atoms with Gasteiger partial charge in [-0.1, -0.05) is 74.3 Å². The van der Waals surface area contributed by atoms with E-state index < -0.39 is 0 Å². The van der Waals surface area contributed by atoms with Crippen LogP contribution in [0.15, 0.2) is 50.1 Å². The van der Waals surface area contributed by atoms with Crippen molar-refractivity contribution < 1.29 is 0 Å². The molecular formula is C15H24Si. The number of hydrogen-bond acceptors (Lipinski definition) is 0. The summed E-state index contributed by atoms with van der Waals surface area (Å²) >= 11 is 0. The van der Waals surface area contributed by atoms with Gasteiger partial charge in [-0.05, 0) is 5.56 Å². The van der Waals surface area contributed by atoms with E-state index in [-0.39, 0.29) is 0 Å². The summed E-state index contributed by atoms with van der Waals surface area (Å²) < 4.78 is 0. The van der Waals surface area contributed by atoms with E-state index in [1.165, 1.54) is 12.0 Å². The minimum absolute atomic E-state index is 0.508. The maximum atomic E-state index is 3.63. The number of benzene rings is 1. The maximum absolute atomic E-state index is 3.63. The highest BCUT2D eigenvalue weighted by atomic mass is 28.2. The second-order valence-electron chi connectivity index (χ2n) is 3.74.